The second kappa shape index (κ2) is 6.72. The predicted octanol–water partition coefficient (Wildman–Crippen LogP) is 3.08. The largest absolute Gasteiger partial charge is 0.338 e. The number of sulfonamides is 1. The Morgan fingerprint density at radius 2 is 1.89 bits per heavy atom. The van der Waals surface area contributed by atoms with Crippen LogP contribution in [-0.4, -0.2) is 47.0 Å². The summed E-state index contributed by atoms with van der Waals surface area (Å²) in [6.07, 6.45) is 1.64. The lowest BCUT2D eigenvalue weighted by Gasteiger charge is -2.12. The standard InChI is InChI=1S/C17H16N6O2S2/c1-23(2)27(24,25)12-7-5-11(6-8-12)19-17-15-13(10-18-22-15)20-16(21-17)14-4-3-9-26-14/h3-10H,1-2H3,(H,18,22)(H,19,20,21). The fourth-order valence-electron chi connectivity index (χ4n) is 2.50. The SMILES string of the molecule is CN(C)S(=O)(=O)c1ccc(Nc2nc(-c3cccs3)nc3cn[nH]c23)cc1. The van der Waals surface area contributed by atoms with E-state index in [-0.39, 0.29) is 4.90 Å². The quantitative estimate of drug-likeness (QED) is 0.534. The van der Waals surface area contributed by atoms with Crippen LogP contribution in [0.3, 0.4) is 0 Å². The van der Waals surface area contributed by atoms with Crippen LogP contribution in [0.4, 0.5) is 11.5 Å². The number of nitrogens with zero attached hydrogens (tertiary/aromatic N) is 4. The number of hydrogen-bond donors (Lipinski definition) is 2. The first-order chi connectivity index (χ1) is 12.9. The highest BCUT2D eigenvalue weighted by Crippen LogP contribution is 2.28. The van der Waals surface area contributed by atoms with Gasteiger partial charge in [-0.2, -0.15) is 5.10 Å². The van der Waals surface area contributed by atoms with E-state index in [1.165, 1.54) is 18.4 Å². The lowest BCUT2D eigenvalue weighted by molar-refractivity contribution is 0.521. The first-order valence-corrected chi connectivity index (χ1v) is 10.3. The van der Waals surface area contributed by atoms with Gasteiger partial charge in [0, 0.05) is 19.8 Å². The Balaban J connectivity index is 1.70. The number of nitrogens with one attached hydrogen (secondary N) is 2. The van der Waals surface area contributed by atoms with Crippen molar-refractivity contribution in [3.05, 3.63) is 48.0 Å². The van der Waals surface area contributed by atoms with Crippen molar-refractivity contribution >= 4 is 43.9 Å². The molecule has 138 valence electrons. The molecule has 0 unspecified atom stereocenters. The van der Waals surface area contributed by atoms with Gasteiger partial charge in [-0.1, -0.05) is 6.07 Å². The summed E-state index contributed by atoms with van der Waals surface area (Å²) in [5, 5.41) is 12.1. The maximum atomic E-state index is 12.2. The average Bonchev–Trinajstić information content (AvgIpc) is 3.33. The van der Waals surface area contributed by atoms with E-state index in [9.17, 15) is 8.42 Å². The number of H-pyrrole nitrogens is 1. The Morgan fingerprint density at radius 3 is 2.56 bits per heavy atom. The lowest BCUT2D eigenvalue weighted by Crippen LogP contribution is -2.22. The van der Waals surface area contributed by atoms with E-state index in [2.05, 4.69) is 25.5 Å². The van der Waals surface area contributed by atoms with Gasteiger partial charge in [0.1, 0.15) is 11.0 Å². The van der Waals surface area contributed by atoms with Gasteiger partial charge < -0.3 is 5.32 Å². The van der Waals surface area contributed by atoms with Crippen LogP contribution in [0.5, 0.6) is 0 Å². The van der Waals surface area contributed by atoms with Crippen molar-refractivity contribution in [1.82, 2.24) is 24.5 Å². The molecule has 4 rings (SSSR count). The molecule has 3 aromatic heterocycles. The summed E-state index contributed by atoms with van der Waals surface area (Å²) < 4.78 is 25.6. The van der Waals surface area contributed by atoms with Crippen LogP contribution >= 0.6 is 11.3 Å². The van der Waals surface area contributed by atoms with Gasteiger partial charge in [-0.15, -0.1) is 11.3 Å². The highest BCUT2D eigenvalue weighted by atomic mass is 32.2. The van der Waals surface area contributed by atoms with Crippen LogP contribution < -0.4 is 5.32 Å². The van der Waals surface area contributed by atoms with Crippen LogP contribution in [0.2, 0.25) is 0 Å². The summed E-state index contributed by atoms with van der Waals surface area (Å²) in [5.74, 6) is 1.18. The number of fused-ring (bicyclic) bond motifs is 1. The van der Waals surface area contributed by atoms with Crippen LogP contribution in [0, 0.1) is 0 Å². The molecule has 0 amide bonds. The molecule has 10 heteroatoms. The van der Waals surface area contributed by atoms with Crippen LogP contribution in [-0.2, 0) is 10.0 Å². The Bertz CT molecular complexity index is 1180. The van der Waals surface area contributed by atoms with E-state index in [1.54, 1.807) is 41.8 Å². The molecule has 0 fully saturated rings. The van der Waals surface area contributed by atoms with Gasteiger partial charge in [-0.3, -0.25) is 5.10 Å². The minimum absolute atomic E-state index is 0.228. The van der Waals surface area contributed by atoms with Gasteiger partial charge in [-0.05, 0) is 35.7 Å². The molecule has 4 aromatic rings. The zero-order valence-electron chi connectivity index (χ0n) is 14.5. The predicted molar refractivity (Wildman–Crippen MR) is 106 cm³/mol. The molecule has 0 aliphatic heterocycles. The summed E-state index contributed by atoms with van der Waals surface area (Å²) in [6, 6.07) is 10.4. The molecular weight excluding hydrogens is 384 g/mol. The Morgan fingerprint density at radius 1 is 1.11 bits per heavy atom. The molecule has 27 heavy (non-hydrogen) atoms. The van der Waals surface area contributed by atoms with E-state index < -0.39 is 10.0 Å². The van der Waals surface area contributed by atoms with E-state index in [4.69, 9.17) is 0 Å². The lowest BCUT2D eigenvalue weighted by atomic mass is 10.3. The molecule has 0 saturated carbocycles. The molecule has 2 N–H and O–H groups in total. The third-order valence-corrected chi connectivity index (χ3v) is 6.63. The Hall–Kier alpha value is -2.82. The van der Waals surface area contributed by atoms with Crippen molar-refractivity contribution in [3.63, 3.8) is 0 Å². The minimum atomic E-state index is -3.46. The number of hydrogen-bond acceptors (Lipinski definition) is 7. The third kappa shape index (κ3) is 3.29. The van der Waals surface area contributed by atoms with Crippen molar-refractivity contribution in [3.8, 4) is 10.7 Å². The highest BCUT2D eigenvalue weighted by molar-refractivity contribution is 7.89. The molecule has 0 atom stereocenters. The van der Waals surface area contributed by atoms with Gasteiger partial charge in [0.15, 0.2) is 11.6 Å². The summed E-state index contributed by atoms with van der Waals surface area (Å²) in [4.78, 5) is 10.3. The summed E-state index contributed by atoms with van der Waals surface area (Å²) in [5.41, 5.74) is 2.09. The highest BCUT2D eigenvalue weighted by Gasteiger charge is 2.17. The fourth-order valence-corrected chi connectivity index (χ4v) is 4.06. The number of anilines is 2. The van der Waals surface area contributed by atoms with E-state index in [0.717, 1.165) is 4.88 Å². The fraction of sp³-hybridized carbons (Fsp3) is 0.118. The smallest absolute Gasteiger partial charge is 0.242 e. The maximum absolute atomic E-state index is 12.2. The molecule has 0 saturated heterocycles. The number of thiophene rings is 1. The van der Waals surface area contributed by atoms with Crippen molar-refractivity contribution in [2.24, 2.45) is 0 Å². The molecule has 0 aliphatic carbocycles. The van der Waals surface area contributed by atoms with E-state index in [0.29, 0.717) is 28.4 Å². The van der Waals surface area contributed by atoms with Gasteiger partial charge in [0.05, 0.1) is 16.0 Å². The van der Waals surface area contributed by atoms with Gasteiger partial charge in [0.2, 0.25) is 10.0 Å². The molecule has 8 nitrogen and oxygen atoms in total. The Labute approximate surface area is 160 Å². The van der Waals surface area contributed by atoms with Crippen molar-refractivity contribution in [2.75, 3.05) is 19.4 Å². The van der Waals surface area contributed by atoms with Gasteiger partial charge in [0.25, 0.3) is 0 Å². The van der Waals surface area contributed by atoms with E-state index >= 15 is 0 Å². The van der Waals surface area contributed by atoms with Crippen molar-refractivity contribution < 1.29 is 8.42 Å². The Kier molecular flexibility index (Phi) is 4.38. The molecule has 0 radical (unpaired) electrons. The van der Waals surface area contributed by atoms with Crippen molar-refractivity contribution in [1.29, 1.82) is 0 Å². The monoisotopic (exact) mass is 400 g/mol. The molecule has 0 bridgehead atoms. The molecule has 0 aliphatic rings. The molecule has 0 spiro atoms. The zero-order chi connectivity index (χ0) is 19.0. The van der Waals surface area contributed by atoms with Crippen LogP contribution in [0.25, 0.3) is 21.7 Å². The van der Waals surface area contributed by atoms with Crippen molar-refractivity contribution in [2.45, 2.75) is 4.90 Å². The summed E-state index contributed by atoms with van der Waals surface area (Å²) in [6.45, 7) is 0. The summed E-state index contributed by atoms with van der Waals surface area (Å²) >= 11 is 1.55. The number of rotatable bonds is 5. The summed E-state index contributed by atoms with van der Waals surface area (Å²) in [7, 11) is -0.457. The molecule has 3 heterocycles. The topological polar surface area (TPSA) is 104 Å². The number of aromatic nitrogens is 4. The first kappa shape index (κ1) is 17.6. The molecule has 1 aromatic carbocycles. The number of benzene rings is 1. The third-order valence-electron chi connectivity index (χ3n) is 3.94. The van der Waals surface area contributed by atoms with Gasteiger partial charge >= 0.3 is 0 Å². The minimum Gasteiger partial charge on any atom is -0.338 e. The normalized spacial score (nSPS) is 12.0. The zero-order valence-corrected chi connectivity index (χ0v) is 16.2. The van der Waals surface area contributed by atoms with Gasteiger partial charge in [-0.25, -0.2) is 22.7 Å². The van der Waals surface area contributed by atoms with E-state index in [1.807, 2.05) is 17.5 Å². The molecular formula is C17H16N6O2S2. The average molecular weight is 400 g/mol. The maximum Gasteiger partial charge on any atom is 0.242 e. The van der Waals surface area contributed by atoms with Crippen LogP contribution in [0.15, 0.2) is 52.9 Å². The second-order valence-corrected chi connectivity index (χ2v) is 9.04. The van der Waals surface area contributed by atoms with Crippen LogP contribution in [0.1, 0.15) is 0 Å². The second-order valence-electron chi connectivity index (χ2n) is 5.94. The first-order valence-electron chi connectivity index (χ1n) is 8.00. The number of aromatic amines is 1.